The van der Waals surface area contributed by atoms with Crippen LogP contribution in [0.3, 0.4) is 0 Å². The summed E-state index contributed by atoms with van der Waals surface area (Å²) in [6, 6.07) is 12.0. The van der Waals surface area contributed by atoms with Crippen LogP contribution in [-0.4, -0.2) is 13.2 Å². The molecule has 0 aliphatic carbocycles. The molecule has 2 aromatic rings. The zero-order valence-corrected chi connectivity index (χ0v) is 10.3. The Morgan fingerprint density at radius 2 is 1.61 bits per heavy atom. The Hall–Kier alpha value is -2.22. The first-order valence-corrected chi connectivity index (χ1v) is 5.86. The lowest BCUT2D eigenvalue weighted by Gasteiger charge is -2.13. The molecule has 0 heterocycles. The SMILES string of the molecule is C=CCOc1ccc2ccccc2c1OCC=C. The van der Waals surface area contributed by atoms with E-state index < -0.39 is 0 Å². The lowest BCUT2D eigenvalue weighted by Crippen LogP contribution is -2.00. The van der Waals surface area contributed by atoms with Crippen molar-refractivity contribution in [1.82, 2.24) is 0 Å². The Kier molecular flexibility index (Phi) is 4.02. The monoisotopic (exact) mass is 240 g/mol. The van der Waals surface area contributed by atoms with Crippen LogP contribution in [0.4, 0.5) is 0 Å². The summed E-state index contributed by atoms with van der Waals surface area (Å²) in [5, 5.41) is 2.17. The Labute approximate surface area is 107 Å². The van der Waals surface area contributed by atoms with Crippen molar-refractivity contribution in [1.29, 1.82) is 0 Å². The Morgan fingerprint density at radius 3 is 2.39 bits per heavy atom. The van der Waals surface area contributed by atoms with Crippen LogP contribution >= 0.6 is 0 Å². The molecule has 0 N–H and O–H groups in total. The Morgan fingerprint density at radius 1 is 0.889 bits per heavy atom. The average molecular weight is 240 g/mol. The van der Waals surface area contributed by atoms with E-state index in [4.69, 9.17) is 9.47 Å². The smallest absolute Gasteiger partial charge is 0.169 e. The molecule has 2 rings (SSSR count). The zero-order valence-electron chi connectivity index (χ0n) is 10.3. The predicted molar refractivity (Wildman–Crippen MR) is 75.3 cm³/mol. The molecule has 0 atom stereocenters. The van der Waals surface area contributed by atoms with E-state index in [0.717, 1.165) is 22.3 Å². The number of hydrogen-bond donors (Lipinski definition) is 0. The van der Waals surface area contributed by atoms with Gasteiger partial charge in [0.2, 0.25) is 0 Å². The van der Waals surface area contributed by atoms with Crippen molar-refractivity contribution in [2.75, 3.05) is 13.2 Å². The number of benzene rings is 2. The van der Waals surface area contributed by atoms with Crippen LogP contribution in [-0.2, 0) is 0 Å². The molecule has 0 bridgehead atoms. The van der Waals surface area contributed by atoms with Gasteiger partial charge in [-0.15, -0.1) is 0 Å². The minimum absolute atomic E-state index is 0.457. The molecule has 0 saturated carbocycles. The summed E-state index contributed by atoms with van der Waals surface area (Å²) in [5.41, 5.74) is 0. The van der Waals surface area contributed by atoms with E-state index in [-0.39, 0.29) is 0 Å². The van der Waals surface area contributed by atoms with Crippen molar-refractivity contribution in [2.45, 2.75) is 0 Å². The molecule has 0 aliphatic heterocycles. The maximum absolute atomic E-state index is 5.72. The van der Waals surface area contributed by atoms with E-state index in [1.165, 1.54) is 0 Å². The molecular formula is C16H16O2. The topological polar surface area (TPSA) is 18.5 Å². The van der Waals surface area contributed by atoms with E-state index >= 15 is 0 Å². The molecule has 0 fully saturated rings. The highest BCUT2D eigenvalue weighted by molar-refractivity contribution is 5.90. The Balaban J connectivity index is 2.47. The van der Waals surface area contributed by atoms with Crippen molar-refractivity contribution in [3.63, 3.8) is 0 Å². The summed E-state index contributed by atoms with van der Waals surface area (Å²) in [7, 11) is 0. The molecule has 2 aromatic carbocycles. The van der Waals surface area contributed by atoms with Crippen molar-refractivity contribution >= 4 is 10.8 Å². The molecule has 0 amide bonds. The fourth-order valence-corrected chi connectivity index (χ4v) is 1.78. The fraction of sp³-hybridized carbons (Fsp3) is 0.125. The summed E-state index contributed by atoms with van der Waals surface area (Å²) in [6.07, 6.45) is 3.44. The third-order valence-corrected chi connectivity index (χ3v) is 2.55. The first-order valence-electron chi connectivity index (χ1n) is 5.86. The third-order valence-electron chi connectivity index (χ3n) is 2.55. The van der Waals surface area contributed by atoms with Crippen LogP contribution in [0, 0.1) is 0 Å². The van der Waals surface area contributed by atoms with Crippen LogP contribution in [0.25, 0.3) is 10.8 Å². The number of hydrogen-bond acceptors (Lipinski definition) is 2. The van der Waals surface area contributed by atoms with Gasteiger partial charge in [-0.05, 0) is 11.5 Å². The van der Waals surface area contributed by atoms with Gasteiger partial charge in [0, 0.05) is 5.39 Å². The summed E-state index contributed by atoms with van der Waals surface area (Å²) < 4.78 is 11.3. The summed E-state index contributed by atoms with van der Waals surface area (Å²) >= 11 is 0. The maximum Gasteiger partial charge on any atom is 0.169 e. The van der Waals surface area contributed by atoms with Crippen LogP contribution in [0.1, 0.15) is 0 Å². The molecule has 0 saturated heterocycles. The van der Waals surface area contributed by atoms with Gasteiger partial charge in [0.25, 0.3) is 0 Å². The van der Waals surface area contributed by atoms with Gasteiger partial charge in [0.15, 0.2) is 11.5 Å². The lowest BCUT2D eigenvalue weighted by molar-refractivity contribution is 0.311. The van der Waals surface area contributed by atoms with E-state index in [2.05, 4.69) is 13.2 Å². The Bertz CT molecular complexity index is 558. The molecule has 2 nitrogen and oxygen atoms in total. The minimum atomic E-state index is 0.457. The second-order valence-corrected chi connectivity index (χ2v) is 3.81. The molecule has 0 spiro atoms. The number of ether oxygens (including phenoxy) is 2. The van der Waals surface area contributed by atoms with Gasteiger partial charge in [-0.2, -0.15) is 0 Å². The largest absolute Gasteiger partial charge is 0.486 e. The predicted octanol–water partition coefficient (Wildman–Crippen LogP) is 3.97. The van der Waals surface area contributed by atoms with Crippen LogP contribution in [0.15, 0.2) is 61.7 Å². The minimum Gasteiger partial charge on any atom is -0.486 e. The summed E-state index contributed by atoms with van der Waals surface area (Å²) in [6.45, 7) is 8.23. The van der Waals surface area contributed by atoms with Gasteiger partial charge < -0.3 is 9.47 Å². The third kappa shape index (κ3) is 2.54. The highest BCUT2D eigenvalue weighted by atomic mass is 16.5. The highest BCUT2D eigenvalue weighted by Crippen LogP contribution is 2.35. The zero-order chi connectivity index (χ0) is 12.8. The standard InChI is InChI=1S/C16H16O2/c1-3-11-17-15-10-9-13-7-5-6-8-14(13)16(15)18-12-4-2/h3-10H,1-2,11-12H2. The molecule has 0 aliphatic rings. The first kappa shape index (κ1) is 12.2. The maximum atomic E-state index is 5.72. The molecule has 0 radical (unpaired) electrons. The van der Waals surface area contributed by atoms with Crippen LogP contribution < -0.4 is 9.47 Å². The lowest BCUT2D eigenvalue weighted by atomic mass is 10.1. The molecule has 92 valence electrons. The van der Waals surface area contributed by atoms with Gasteiger partial charge in [-0.3, -0.25) is 0 Å². The molecule has 2 heteroatoms. The fourth-order valence-electron chi connectivity index (χ4n) is 1.78. The van der Waals surface area contributed by atoms with Gasteiger partial charge in [0.05, 0.1) is 0 Å². The van der Waals surface area contributed by atoms with Crippen LogP contribution in [0.2, 0.25) is 0 Å². The van der Waals surface area contributed by atoms with E-state index in [0.29, 0.717) is 13.2 Å². The van der Waals surface area contributed by atoms with E-state index in [1.807, 2.05) is 36.4 Å². The first-order chi connectivity index (χ1) is 8.86. The average Bonchev–Trinajstić information content (AvgIpc) is 2.43. The van der Waals surface area contributed by atoms with Gasteiger partial charge in [0.1, 0.15) is 13.2 Å². The quantitative estimate of drug-likeness (QED) is 0.711. The summed E-state index contributed by atoms with van der Waals surface area (Å²) in [5.74, 6) is 1.49. The van der Waals surface area contributed by atoms with E-state index in [9.17, 15) is 0 Å². The number of fused-ring (bicyclic) bond motifs is 1. The molecular weight excluding hydrogens is 224 g/mol. The van der Waals surface area contributed by atoms with Crippen molar-refractivity contribution < 1.29 is 9.47 Å². The van der Waals surface area contributed by atoms with Gasteiger partial charge in [-0.1, -0.05) is 55.6 Å². The normalized spacial score (nSPS) is 10.0. The van der Waals surface area contributed by atoms with Crippen molar-refractivity contribution in [3.05, 3.63) is 61.7 Å². The van der Waals surface area contributed by atoms with Crippen molar-refractivity contribution in [3.8, 4) is 11.5 Å². The van der Waals surface area contributed by atoms with Gasteiger partial charge in [-0.25, -0.2) is 0 Å². The van der Waals surface area contributed by atoms with Crippen molar-refractivity contribution in [2.24, 2.45) is 0 Å². The molecule has 0 unspecified atom stereocenters. The highest BCUT2D eigenvalue weighted by Gasteiger charge is 2.09. The van der Waals surface area contributed by atoms with Crippen LogP contribution in [0.5, 0.6) is 11.5 Å². The van der Waals surface area contributed by atoms with E-state index in [1.54, 1.807) is 12.2 Å². The second kappa shape index (κ2) is 5.92. The van der Waals surface area contributed by atoms with Gasteiger partial charge >= 0.3 is 0 Å². The second-order valence-electron chi connectivity index (χ2n) is 3.81. The molecule has 0 aromatic heterocycles. The molecule has 18 heavy (non-hydrogen) atoms. The number of rotatable bonds is 6. The summed E-state index contributed by atoms with van der Waals surface area (Å²) in [4.78, 5) is 0.